The van der Waals surface area contributed by atoms with Crippen LogP contribution in [0, 0.1) is 0 Å². The Morgan fingerprint density at radius 2 is 2.44 bits per heavy atom. The molecule has 2 rings (SSSR count). The molecule has 6 heteroatoms. The summed E-state index contributed by atoms with van der Waals surface area (Å²) < 4.78 is 6.94. The maximum Gasteiger partial charge on any atom is 0.159 e. The van der Waals surface area contributed by atoms with Crippen LogP contribution >= 0.6 is 11.6 Å². The summed E-state index contributed by atoms with van der Waals surface area (Å²) in [6, 6.07) is 3.55. The molecule has 0 saturated heterocycles. The lowest BCUT2D eigenvalue weighted by molar-refractivity contribution is 0.158. The summed E-state index contributed by atoms with van der Waals surface area (Å²) in [7, 11) is 0. The third-order valence-electron chi connectivity index (χ3n) is 2.08. The highest BCUT2D eigenvalue weighted by atomic mass is 35.5. The number of rotatable bonds is 5. The van der Waals surface area contributed by atoms with Gasteiger partial charge in [0.05, 0.1) is 12.8 Å². The van der Waals surface area contributed by atoms with Gasteiger partial charge in [0.25, 0.3) is 0 Å². The van der Waals surface area contributed by atoms with Gasteiger partial charge in [0.15, 0.2) is 5.65 Å². The van der Waals surface area contributed by atoms with Gasteiger partial charge in [-0.05, 0) is 6.92 Å². The van der Waals surface area contributed by atoms with E-state index in [9.17, 15) is 0 Å². The molecule has 0 spiro atoms. The minimum atomic E-state index is 0.451. The summed E-state index contributed by atoms with van der Waals surface area (Å²) in [6.07, 6.45) is 1.69. The molecule has 0 amide bonds. The van der Waals surface area contributed by atoms with Gasteiger partial charge in [0, 0.05) is 25.3 Å². The third-order valence-corrected chi connectivity index (χ3v) is 2.28. The van der Waals surface area contributed by atoms with Gasteiger partial charge >= 0.3 is 0 Å². The minimum absolute atomic E-state index is 0.451. The molecule has 0 aliphatic carbocycles. The van der Waals surface area contributed by atoms with Gasteiger partial charge in [-0.3, -0.25) is 0 Å². The number of fused-ring (bicyclic) bond motifs is 1. The minimum Gasteiger partial charge on any atom is -0.380 e. The number of anilines is 1. The van der Waals surface area contributed by atoms with E-state index in [4.69, 9.17) is 16.3 Å². The molecule has 86 valence electrons. The number of hydrogen-bond donors (Lipinski definition) is 1. The number of halogens is 1. The normalized spacial score (nSPS) is 10.9. The van der Waals surface area contributed by atoms with Crippen LogP contribution in [0.5, 0.6) is 0 Å². The van der Waals surface area contributed by atoms with Crippen LogP contribution in [-0.4, -0.2) is 34.4 Å². The molecular weight excluding hydrogens is 228 g/mol. The van der Waals surface area contributed by atoms with Crippen molar-refractivity contribution in [3.63, 3.8) is 0 Å². The van der Waals surface area contributed by atoms with E-state index in [1.165, 1.54) is 0 Å². The van der Waals surface area contributed by atoms with Crippen LogP contribution in [0.4, 0.5) is 5.82 Å². The van der Waals surface area contributed by atoms with Crippen molar-refractivity contribution in [2.24, 2.45) is 0 Å². The van der Waals surface area contributed by atoms with Crippen LogP contribution in [0.3, 0.4) is 0 Å². The van der Waals surface area contributed by atoms with Crippen LogP contribution in [0.25, 0.3) is 5.65 Å². The quantitative estimate of drug-likeness (QED) is 0.640. The molecule has 2 aromatic rings. The third kappa shape index (κ3) is 2.43. The van der Waals surface area contributed by atoms with Gasteiger partial charge in [0.1, 0.15) is 11.0 Å². The zero-order chi connectivity index (χ0) is 11.4. The van der Waals surface area contributed by atoms with E-state index < -0.39 is 0 Å². The Labute approximate surface area is 98.4 Å². The van der Waals surface area contributed by atoms with Crippen LogP contribution in [0.2, 0.25) is 5.15 Å². The van der Waals surface area contributed by atoms with Crippen LogP contribution in [0.1, 0.15) is 6.92 Å². The summed E-state index contributed by atoms with van der Waals surface area (Å²) in [4.78, 5) is 4.14. The Kier molecular flexibility index (Phi) is 3.58. The van der Waals surface area contributed by atoms with Crippen LogP contribution in [0.15, 0.2) is 18.3 Å². The molecule has 5 nitrogen and oxygen atoms in total. The fourth-order valence-corrected chi connectivity index (χ4v) is 1.59. The monoisotopic (exact) mass is 240 g/mol. The van der Waals surface area contributed by atoms with Gasteiger partial charge < -0.3 is 10.1 Å². The standard InChI is InChI=1S/C10H13ClN4O/c1-2-16-6-5-12-10-7-8(11)14-9-3-4-13-15(9)10/h3-4,7,12H,2,5-6H2,1H3. The summed E-state index contributed by atoms with van der Waals surface area (Å²) in [6.45, 7) is 4.05. The molecule has 0 bridgehead atoms. The average Bonchev–Trinajstić information content (AvgIpc) is 2.72. The Hall–Kier alpha value is -1.33. The van der Waals surface area contributed by atoms with E-state index in [1.807, 2.05) is 6.92 Å². The zero-order valence-electron chi connectivity index (χ0n) is 8.98. The molecule has 0 fully saturated rings. The van der Waals surface area contributed by atoms with Crippen LogP contribution in [-0.2, 0) is 4.74 Å². The van der Waals surface area contributed by atoms with E-state index in [0.29, 0.717) is 18.3 Å². The van der Waals surface area contributed by atoms with Crippen molar-refractivity contribution in [2.75, 3.05) is 25.1 Å². The van der Waals surface area contributed by atoms with E-state index in [0.717, 1.165) is 18.1 Å². The van der Waals surface area contributed by atoms with Crippen molar-refractivity contribution in [3.05, 3.63) is 23.5 Å². The maximum absolute atomic E-state index is 5.90. The second-order valence-corrected chi connectivity index (χ2v) is 3.58. The largest absolute Gasteiger partial charge is 0.380 e. The second-order valence-electron chi connectivity index (χ2n) is 3.19. The molecule has 0 aliphatic heterocycles. The molecule has 0 saturated carbocycles. The van der Waals surface area contributed by atoms with Crippen molar-refractivity contribution in [1.82, 2.24) is 14.6 Å². The lowest BCUT2D eigenvalue weighted by atomic mass is 10.5. The fraction of sp³-hybridized carbons (Fsp3) is 0.400. The highest BCUT2D eigenvalue weighted by Crippen LogP contribution is 2.15. The zero-order valence-corrected chi connectivity index (χ0v) is 9.74. The van der Waals surface area contributed by atoms with Crippen LogP contribution < -0.4 is 5.32 Å². The molecule has 2 aromatic heterocycles. The van der Waals surface area contributed by atoms with Gasteiger partial charge in [0.2, 0.25) is 0 Å². The first-order valence-corrected chi connectivity index (χ1v) is 5.51. The van der Waals surface area contributed by atoms with Gasteiger partial charge in [-0.1, -0.05) is 11.6 Å². The Morgan fingerprint density at radius 1 is 1.56 bits per heavy atom. The number of ether oxygens (including phenoxy) is 1. The summed E-state index contributed by atoms with van der Waals surface area (Å²) in [5, 5.41) is 7.80. The van der Waals surface area contributed by atoms with E-state index in [1.54, 1.807) is 22.8 Å². The van der Waals surface area contributed by atoms with Crippen molar-refractivity contribution in [3.8, 4) is 0 Å². The predicted octanol–water partition coefficient (Wildman–Crippen LogP) is 1.83. The molecule has 2 heterocycles. The van der Waals surface area contributed by atoms with Crippen molar-refractivity contribution < 1.29 is 4.74 Å². The van der Waals surface area contributed by atoms with Crippen molar-refractivity contribution in [1.29, 1.82) is 0 Å². The molecular formula is C10H13ClN4O. The summed E-state index contributed by atoms with van der Waals surface area (Å²) in [5.74, 6) is 0.819. The Balaban J connectivity index is 2.12. The lowest BCUT2D eigenvalue weighted by Gasteiger charge is -2.08. The Bertz CT molecular complexity index is 471. The topological polar surface area (TPSA) is 51.5 Å². The van der Waals surface area contributed by atoms with Gasteiger partial charge in [-0.15, -0.1) is 0 Å². The summed E-state index contributed by atoms with van der Waals surface area (Å²) in [5.41, 5.74) is 0.728. The molecule has 16 heavy (non-hydrogen) atoms. The highest BCUT2D eigenvalue weighted by molar-refractivity contribution is 6.29. The Morgan fingerprint density at radius 3 is 3.25 bits per heavy atom. The van der Waals surface area contributed by atoms with Crippen molar-refractivity contribution in [2.45, 2.75) is 6.92 Å². The van der Waals surface area contributed by atoms with Gasteiger partial charge in [-0.25, -0.2) is 4.98 Å². The highest BCUT2D eigenvalue weighted by Gasteiger charge is 2.04. The van der Waals surface area contributed by atoms with E-state index in [2.05, 4.69) is 15.4 Å². The molecule has 0 unspecified atom stereocenters. The average molecular weight is 241 g/mol. The summed E-state index contributed by atoms with van der Waals surface area (Å²) >= 11 is 5.90. The first-order chi connectivity index (χ1) is 7.81. The second kappa shape index (κ2) is 5.14. The molecule has 0 aliphatic rings. The van der Waals surface area contributed by atoms with E-state index >= 15 is 0 Å². The smallest absolute Gasteiger partial charge is 0.159 e. The predicted molar refractivity (Wildman–Crippen MR) is 63.0 cm³/mol. The lowest BCUT2D eigenvalue weighted by Crippen LogP contribution is -2.12. The molecule has 1 N–H and O–H groups in total. The first-order valence-electron chi connectivity index (χ1n) is 5.13. The van der Waals surface area contributed by atoms with Gasteiger partial charge in [-0.2, -0.15) is 9.61 Å². The number of hydrogen-bond acceptors (Lipinski definition) is 4. The maximum atomic E-state index is 5.90. The molecule has 0 radical (unpaired) electrons. The molecule has 0 aromatic carbocycles. The SMILES string of the molecule is CCOCCNc1cc(Cl)nc2ccnn12. The number of aromatic nitrogens is 3. The first kappa shape index (κ1) is 11.2. The number of nitrogens with one attached hydrogen (secondary N) is 1. The van der Waals surface area contributed by atoms with Crippen molar-refractivity contribution >= 4 is 23.1 Å². The fourth-order valence-electron chi connectivity index (χ4n) is 1.40. The molecule has 0 atom stereocenters. The number of nitrogens with zero attached hydrogens (tertiary/aromatic N) is 3. The van der Waals surface area contributed by atoms with E-state index in [-0.39, 0.29) is 0 Å².